The minimum atomic E-state index is -1.74. The Bertz CT molecular complexity index is 927. The van der Waals surface area contributed by atoms with Gasteiger partial charge in [-0.15, -0.1) is 22.0 Å². The van der Waals surface area contributed by atoms with Gasteiger partial charge in [0, 0.05) is 5.56 Å². The molecule has 28 heavy (non-hydrogen) atoms. The van der Waals surface area contributed by atoms with Crippen molar-refractivity contribution in [2.24, 2.45) is 0 Å². The number of benzene rings is 3. The second-order valence-corrected chi connectivity index (χ2v) is 6.55. The van der Waals surface area contributed by atoms with Crippen molar-refractivity contribution >= 4 is 23.1 Å². The van der Waals surface area contributed by atoms with Crippen molar-refractivity contribution in [3.05, 3.63) is 101 Å². The monoisotopic (exact) mass is 404 g/mol. The van der Waals surface area contributed by atoms with Crippen LogP contribution in [-0.2, 0) is 20.2 Å². The number of carbonyl (C=O) groups is 1. The number of hydrogen-bond acceptors (Lipinski definition) is 5. The Morgan fingerprint density at radius 2 is 1.50 bits per heavy atom. The average molecular weight is 404 g/mol. The van der Waals surface area contributed by atoms with Gasteiger partial charge < -0.3 is 9.59 Å². The molecule has 0 bridgehead atoms. The molecule has 0 heterocycles. The zero-order valence-electron chi connectivity index (χ0n) is 15.5. The van der Waals surface area contributed by atoms with Gasteiger partial charge in [0.05, 0.1) is 11.2 Å². The molecule has 138 valence electrons. The molecular formula is C21H17NaO5S. The Morgan fingerprint density at radius 1 is 0.929 bits per heavy atom. The van der Waals surface area contributed by atoms with Gasteiger partial charge in [0.1, 0.15) is 5.78 Å². The number of hydrogen-bond donors (Lipinski definition) is 1. The molecule has 1 unspecified atom stereocenters. The van der Waals surface area contributed by atoms with Gasteiger partial charge in [-0.1, -0.05) is 59.7 Å². The standard InChI is InChI=1S/C14H9O2.C7H8O3S.Na/c15-10-12-8-4-5-9-13(12)14(16)11-6-2-1-3-7-11;1-6-2-4-7(5-3-6)11(9)10-8;/h1-9H;2-5,8H,1H3;/q-1;;+1. The van der Waals surface area contributed by atoms with Gasteiger partial charge in [-0.05, 0) is 19.1 Å². The Morgan fingerprint density at radius 3 is 2.07 bits per heavy atom. The molecule has 1 N–H and O–H groups in total. The largest absolute Gasteiger partial charge is 1.00 e. The second-order valence-electron chi connectivity index (χ2n) is 5.47. The van der Waals surface area contributed by atoms with E-state index in [0.717, 1.165) is 5.56 Å². The smallest absolute Gasteiger partial charge is 0.376 e. The van der Waals surface area contributed by atoms with E-state index in [1.54, 1.807) is 79.1 Å². The van der Waals surface area contributed by atoms with Crippen LogP contribution in [0.3, 0.4) is 0 Å². The maximum atomic E-state index is 12.0. The zero-order valence-corrected chi connectivity index (χ0v) is 18.3. The predicted octanol–water partition coefficient (Wildman–Crippen LogP) is 0.887. The first kappa shape index (κ1) is 24.1. The summed E-state index contributed by atoms with van der Waals surface area (Å²) in [6.45, 7) is 1.92. The van der Waals surface area contributed by atoms with Gasteiger partial charge >= 0.3 is 29.6 Å². The van der Waals surface area contributed by atoms with E-state index in [4.69, 9.17) is 5.26 Å². The summed E-state index contributed by atoms with van der Waals surface area (Å²) in [5.41, 5.74) is 2.34. The van der Waals surface area contributed by atoms with Crippen LogP contribution in [0.5, 0.6) is 0 Å². The maximum Gasteiger partial charge on any atom is 1.00 e. The van der Waals surface area contributed by atoms with E-state index in [9.17, 15) is 13.8 Å². The molecule has 3 aromatic rings. The summed E-state index contributed by atoms with van der Waals surface area (Å²) in [6.07, 6.45) is 1.78. The van der Waals surface area contributed by atoms with E-state index >= 15 is 0 Å². The van der Waals surface area contributed by atoms with Crippen LogP contribution in [0.4, 0.5) is 0 Å². The van der Waals surface area contributed by atoms with Gasteiger partial charge in [-0.2, -0.15) is 6.07 Å². The normalized spacial score (nSPS) is 10.6. The van der Waals surface area contributed by atoms with Crippen molar-refractivity contribution in [1.82, 2.24) is 0 Å². The van der Waals surface area contributed by atoms with E-state index in [-0.39, 0.29) is 35.3 Å². The zero-order chi connectivity index (χ0) is 19.6. The quantitative estimate of drug-likeness (QED) is 0.225. The summed E-state index contributed by atoms with van der Waals surface area (Å²) in [5, 5.41) is 8.06. The summed E-state index contributed by atoms with van der Waals surface area (Å²) in [6, 6.07) is 22.4. The third-order valence-electron chi connectivity index (χ3n) is 3.60. The molecule has 0 aromatic heterocycles. The summed E-state index contributed by atoms with van der Waals surface area (Å²) < 4.78 is 14.4. The van der Waals surface area contributed by atoms with Crippen molar-refractivity contribution in [1.29, 1.82) is 0 Å². The van der Waals surface area contributed by atoms with E-state index < -0.39 is 11.1 Å². The van der Waals surface area contributed by atoms with Crippen molar-refractivity contribution in [3.63, 3.8) is 0 Å². The fraction of sp³-hybridized carbons (Fsp3) is 0.0476. The van der Waals surface area contributed by atoms with Crippen LogP contribution in [0.2, 0.25) is 0 Å². The van der Waals surface area contributed by atoms with Crippen molar-refractivity contribution in [3.8, 4) is 0 Å². The van der Waals surface area contributed by atoms with Crippen LogP contribution in [0.15, 0.2) is 83.8 Å². The molecule has 1 atom stereocenters. The van der Waals surface area contributed by atoms with E-state index in [2.05, 4.69) is 4.33 Å². The van der Waals surface area contributed by atoms with Gasteiger partial charge in [0.2, 0.25) is 11.1 Å². The van der Waals surface area contributed by atoms with Crippen molar-refractivity contribution in [2.45, 2.75) is 11.8 Å². The summed E-state index contributed by atoms with van der Waals surface area (Å²) in [4.78, 5) is 23.2. The maximum absolute atomic E-state index is 12.0. The first-order valence-electron chi connectivity index (χ1n) is 7.94. The molecule has 0 radical (unpaired) electrons. The number of rotatable bonds is 5. The molecule has 3 aromatic carbocycles. The molecule has 0 spiro atoms. The SMILES string of the molecule is Cc1ccc(S(=O)OO)cc1.O=[C-]c1ccccc1C(=O)c1ccccc1.[Na+]. The molecule has 0 aliphatic heterocycles. The van der Waals surface area contributed by atoms with Gasteiger partial charge in [-0.25, -0.2) is 9.47 Å². The van der Waals surface area contributed by atoms with Gasteiger partial charge in [0.25, 0.3) is 0 Å². The van der Waals surface area contributed by atoms with E-state index in [0.29, 0.717) is 21.6 Å². The van der Waals surface area contributed by atoms with Gasteiger partial charge in [0.15, 0.2) is 0 Å². The third-order valence-corrected chi connectivity index (χ3v) is 4.39. The van der Waals surface area contributed by atoms with Crippen LogP contribution in [-0.4, -0.2) is 21.5 Å². The molecular weight excluding hydrogens is 387 g/mol. The third kappa shape index (κ3) is 6.91. The number of carbonyl (C=O) groups excluding carboxylic acids is 2. The second kappa shape index (κ2) is 12.5. The molecule has 0 aliphatic rings. The molecule has 3 rings (SSSR count). The van der Waals surface area contributed by atoms with Crippen LogP contribution in [0, 0.1) is 6.92 Å². The number of aryl methyl sites for hydroxylation is 1. The predicted molar refractivity (Wildman–Crippen MR) is 102 cm³/mol. The van der Waals surface area contributed by atoms with Crippen LogP contribution >= 0.6 is 0 Å². The molecule has 0 fully saturated rings. The molecule has 5 nitrogen and oxygen atoms in total. The van der Waals surface area contributed by atoms with Crippen molar-refractivity contribution in [2.75, 3.05) is 0 Å². The Balaban J connectivity index is 0.000000289. The summed E-state index contributed by atoms with van der Waals surface area (Å²) >= 11 is -1.74. The minimum Gasteiger partial charge on any atom is -0.376 e. The first-order chi connectivity index (χ1) is 13.1. The van der Waals surface area contributed by atoms with E-state index in [1.165, 1.54) is 0 Å². The molecule has 0 saturated heterocycles. The summed E-state index contributed by atoms with van der Waals surface area (Å²) in [5.74, 6) is -0.153. The molecule has 7 heteroatoms. The fourth-order valence-electron chi connectivity index (χ4n) is 2.21. The summed E-state index contributed by atoms with van der Waals surface area (Å²) in [7, 11) is 0. The van der Waals surface area contributed by atoms with Crippen LogP contribution < -0.4 is 29.6 Å². The average Bonchev–Trinajstić information content (AvgIpc) is 2.74. The van der Waals surface area contributed by atoms with Crippen molar-refractivity contribution < 1.29 is 52.9 Å². The Hall–Kier alpha value is -1.93. The molecule has 0 saturated carbocycles. The first-order valence-corrected chi connectivity index (χ1v) is 9.01. The minimum absolute atomic E-state index is 0. The molecule has 0 aliphatic carbocycles. The molecule has 0 amide bonds. The fourth-order valence-corrected chi connectivity index (χ4v) is 2.65. The van der Waals surface area contributed by atoms with Crippen LogP contribution in [0.1, 0.15) is 27.0 Å². The Labute approximate surface area is 188 Å². The topological polar surface area (TPSA) is 80.7 Å². The number of ketones is 1. The van der Waals surface area contributed by atoms with Crippen LogP contribution in [0.25, 0.3) is 0 Å². The Kier molecular flexibility index (Phi) is 10.8. The van der Waals surface area contributed by atoms with Gasteiger partial charge in [-0.3, -0.25) is 0 Å². The van der Waals surface area contributed by atoms with E-state index in [1.807, 2.05) is 13.0 Å².